The lowest BCUT2D eigenvalue weighted by molar-refractivity contribution is 0.0527. The first-order chi connectivity index (χ1) is 15.1. The Labute approximate surface area is 183 Å². The van der Waals surface area contributed by atoms with Gasteiger partial charge >= 0.3 is 5.97 Å². The van der Waals surface area contributed by atoms with Crippen molar-refractivity contribution in [2.45, 2.75) is 27.4 Å². The highest BCUT2D eigenvalue weighted by Gasteiger charge is 2.24. The Morgan fingerprint density at radius 1 is 1.09 bits per heavy atom. The van der Waals surface area contributed by atoms with E-state index in [1.807, 2.05) is 0 Å². The molecule has 11 heteroatoms. The van der Waals surface area contributed by atoms with Gasteiger partial charge in [0.15, 0.2) is 23.1 Å². The molecule has 0 saturated heterocycles. The number of carbonyl (C=O) groups excluding carboxylic acids is 2. The summed E-state index contributed by atoms with van der Waals surface area (Å²) in [6.07, 6.45) is 0. The van der Waals surface area contributed by atoms with Gasteiger partial charge in [-0.3, -0.25) is 4.79 Å². The molecule has 0 aliphatic heterocycles. The molecular weight excluding hydrogens is 454 g/mol. The number of ether oxygens (including phenoxy) is 2. The molecule has 0 aliphatic rings. The van der Waals surface area contributed by atoms with Gasteiger partial charge in [0.25, 0.3) is 5.91 Å². The van der Waals surface area contributed by atoms with Gasteiger partial charge in [0.2, 0.25) is 11.6 Å². The van der Waals surface area contributed by atoms with Crippen molar-refractivity contribution >= 4 is 28.2 Å². The molecule has 1 amide bonds. The highest BCUT2D eigenvalue weighted by Crippen LogP contribution is 2.33. The number of halogens is 4. The topological polar surface area (TPSA) is 77.8 Å². The van der Waals surface area contributed by atoms with E-state index < -0.39 is 47.5 Å². The van der Waals surface area contributed by atoms with E-state index in [-0.39, 0.29) is 34.8 Å². The molecular formula is C21H17F4NO5S. The van der Waals surface area contributed by atoms with Gasteiger partial charge in [-0.1, -0.05) is 0 Å². The van der Waals surface area contributed by atoms with Gasteiger partial charge in [-0.25, -0.2) is 13.6 Å². The monoisotopic (exact) mass is 471 g/mol. The number of furan rings is 1. The zero-order chi connectivity index (χ0) is 23.6. The molecule has 3 aromatic rings. The standard InChI is InChI=1S/C21H17F4NO5S/c1-4-29-21(28)15-9(2)10(3)32-20(15)26-19(27)14-6-5-11(31-14)8-30-18-16(24)12(22)7-13(23)17(18)25/h5-7H,4,8H2,1-3H3,(H,26,27). The van der Waals surface area contributed by atoms with E-state index in [9.17, 15) is 27.2 Å². The van der Waals surface area contributed by atoms with E-state index in [2.05, 4.69) is 5.32 Å². The van der Waals surface area contributed by atoms with Crippen LogP contribution in [0.25, 0.3) is 0 Å². The van der Waals surface area contributed by atoms with Crippen molar-refractivity contribution in [2.75, 3.05) is 11.9 Å². The molecule has 0 atom stereocenters. The highest BCUT2D eigenvalue weighted by atomic mass is 32.1. The lowest BCUT2D eigenvalue weighted by Crippen LogP contribution is -2.14. The summed E-state index contributed by atoms with van der Waals surface area (Å²) in [7, 11) is 0. The minimum Gasteiger partial charge on any atom is -0.479 e. The Hall–Kier alpha value is -3.34. The van der Waals surface area contributed by atoms with Gasteiger partial charge in [-0.05, 0) is 38.5 Å². The number of esters is 1. The number of thiophene rings is 1. The van der Waals surface area contributed by atoms with Crippen LogP contribution in [0.15, 0.2) is 22.6 Å². The molecule has 0 bridgehead atoms. The molecule has 32 heavy (non-hydrogen) atoms. The molecule has 2 aromatic heterocycles. The third-order valence-corrected chi connectivity index (χ3v) is 5.53. The summed E-state index contributed by atoms with van der Waals surface area (Å²) >= 11 is 1.18. The van der Waals surface area contributed by atoms with Gasteiger partial charge < -0.3 is 19.2 Å². The molecule has 0 spiro atoms. The number of nitrogens with one attached hydrogen (secondary N) is 1. The van der Waals surface area contributed by atoms with Crippen molar-refractivity contribution in [3.8, 4) is 5.75 Å². The van der Waals surface area contributed by atoms with Crippen molar-refractivity contribution in [3.05, 3.63) is 69.0 Å². The molecule has 170 valence electrons. The van der Waals surface area contributed by atoms with Crippen LogP contribution in [0.2, 0.25) is 0 Å². The molecule has 3 rings (SSSR count). The molecule has 2 heterocycles. The van der Waals surface area contributed by atoms with E-state index in [1.165, 1.54) is 23.5 Å². The fraction of sp³-hybridized carbons (Fsp3) is 0.238. The molecule has 0 saturated carbocycles. The zero-order valence-electron chi connectivity index (χ0n) is 17.1. The van der Waals surface area contributed by atoms with Crippen LogP contribution in [0, 0.1) is 37.1 Å². The fourth-order valence-electron chi connectivity index (χ4n) is 2.73. The molecule has 0 fully saturated rings. The average Bonchev–Trinajstić information content (AvgIpc) is 3.31. The number of carbonyl (C=O) groups is 2. The molecule has 0 radical (unpaired) electrons. The summed E-state index contributed by atoms with van der Waals surface area (Å²) in [5.41, 5.74) is 0.903. The molecule has 6 nitrogen and oxygen atoms in total. The number of anilines is 1. The number of amides is 1. The van der Waals surface area contributed by atoms with Crippen LogP contribution in [0.3, 0.4) is 0 Å². The quantitative estimate of drug-likeness (QED) is 0.279. The van der Waals surface area contributed by atoms with E-state index in [0.29, 0.717) is 5.56 Å². The summed E-state index contributed by atoms with van der Waals surface area (Å²) in [5, 5.41) is 2.85. The van der Waals surface area contributed by atoms with Crippen LogP contribution < -0.4 is 10.1 Å². The van der Waals surface area contributed by atoms with Crippen LogP contribution >= 0.6 is 11.3 Å². The lowest BCUT2D eigenvalue weighted by Gasteiger charge is -2.08. The number of aryl methyl sites for hydroxylation is 1. The van der Waals surface area contributed by atoms with Crippen LogP contribution in [0.4, 0.5) is 22.6 Å². The van der Waals surface area contributed by atoms with Gasteiger partial charge in [0, 0.05) is 10.9 Å². The van der Waals surface area contributed by atoms with Crippen LogP contribution in [-0.4, -0.2) is 18.5 Å². The SMILES string of the molecule is CCOC(=O)c1c(NC(=O)c2ccc(COc3c(F)c(F)cc(F)c3F)o2)sc(C)c1C. The Morgan fingerprint density at radius 2 is 1.75 bits per heavy atom. The number of benzene rings is 1. The summed E-state index contributed by atoms with van der Waals surface area (Å²) in [6.45, 7) is 4.73. The average molecular weight is 471 g/mol. The second-order valence-corrected chi connectivity index (χ2v) is 7.74. The third-order valence-electron chi connectivity index (χ3n) is 4.41. The van der Waals surface area contributed by atoms with Gasteiger partial charge in [-0.15, -0.1) is 11.3 Å². The molecule has 1 N–H and O–H groups in total. The summed E-state index contributed by atoms with van der Waals surface area (Å²) in [5.74, 6) is -9.35. The van der Waals surface area contributed by atoms with E-state index in [1.54, 1.807) is 20.8 Å². The van der Waals surface area contributed by atoms with Crippen LogP contribution in [0.1, 0.15) is 44.0 Å². The fourth-order valence-corrected chi connectivity index (χ4v) is 3.77. The van der Waals surface area contributed by atoms with Crippen LogP contribution in [0.5, 0.6) is 5.75 Å². The summed E-state index contributed by atoms with van der Waals surface area (Å²) in [6, 6.07) is 2.62. The van der Waals surface area contributed by atoms with Crippen molar-refractivity contribution in [1.82, 2.24) is 0 Å². The van der Waals surface area contributed by atoms with Crippen molar-refractivity contribution in [2.24, 2.45) is 0 Å². The van der Waals surface area contributed by atoms with Crippen LogP contribution in [-0.2, 0) is 11.3 Å². The Bertz CT molecular complexity index is 1160. The highest BCUT2D eigenvalue weighted by molar-refractivity contribution is 7.16. The maximum absolute atomic E-state index is 13.7. The summed E-state index contributed by atoms with van der Waals surface area (Å²) in [4.78, 5) is 25.6. The second kappa shape index (κ2) is 9.43. The van der Waals surface area contributed by atoms with Gasteiger partial charge in [0.05, 0.1) is 12.2 Å². The smallest absolute Gasteiger partial charge is 0.341 e. The Balaban J connectivity index is 1.74. The number of hydrogen-bond donors (Lipinski definition) is 1. The predicted octanol–water partition coefficient (Wildman–Crippen LogP) is 5.52. The molecule has 1 aromatic carbocycles. The van der Waals surface area contributed by atoms with Gasteiger partial charge in [0.1, 0.15) is 17.4 Å². The maximum atomic E-state index is 13.7. The van der Waals surface area contributed by atoms with E-state index >= 15 is 0 Å². The van der Waals surface area contributed by atoms with Crippen molar-refractivity contribution in [3.63, 3.8) is 0 Å². The third kappa shape index (κ3) is 4.62. The normalized spacial score (nSPS) is 10.8. The minimum atomic E-state index is -1.69. The van der Waals surface area contributed by atoms with E-state index in [0.717, 1.165) is 4.88 Å². The first kappa shape index (κ1) is 23.3. The molecule has 0 unspecified atom stereocenters. The first-order valence-corrected chi connectivity index (χ1v) is 10.1. The lowest BCUT2D eigenvalue weighted by atomic mass is 10.1. The first-order valence-electron chi connectivity index (χ1n) is 9.26. The second-order valence-electron chi connectivity index (χ2n) is 6.51. The number of rotatable bonds is 7. The van der Waals surface area contributed by atoms with Gasteiger partial charge in [-0.2, -0.15) is 8.78 Å². The van der Waals surface area contributed by atoms with Crippen molar-refractivity contribution in [1.29, 1.82) is 0 Å². The summed E-state index contributed by atoms with van der Waals surface area (Å²) < 4.78 is 69.0. The number of hydrogen-bond acceptors (Lipinski definition) is 6. The Kier molecular flexibility index (Phi) is 6.87. The Morgan fingerprint density at radius 3 is 2.38 bits per heavy atom. The molecule has 0 aliphatic carbocycles. The predicted molar refractivity (Wildman–Crippen MR) is 107 cm³/mol. The zero-order valence-corrected chi connectivity index (χ0v) is 17.9. The largest absolute Gasteiger partial charge is 0.479 e. The van der Waals surface area contributed by atoms with Crippen molar-refractivity contribution < 1.29 is 41.0 Å². The maximum Gasteiger partial charge on any atom is 0.341 e. The minimum absolute atomic E-state index is 0.0391. The van der Waals surface area contributed by atoms with E-state index in [4.69, 9.17) is 13.9 Å².